The Balaban J connectivity index is 1.52. The SMILES string of the molecule is Cc1cccc(-c2nn(CC(=O)Nc3ccccc3F)cc2-c2ccnc(-c3ccccc3)c2)n1. The van der Waals surface area contributed by atoms with E-state index in [2.05, 4.69) is 20.4 Å². The molecule has 1 amide bonds. The minimum atomic E-state index is -0.489. The van der Waals surface area contributed by atoms with Gasteiger partial charge in [0.25, 0.3) is 0 Å². The molecule has 5 aromatic rings. The van der Waals surface area contributed by atoms with Gasteiger partial charge in [0.2, 0.25) is 5.91 Å². The zero-order valence-electron chi connectivity index (χ0n) is 19.0. The Hall–Kier alpha value is -4.65. The van der Waals surface area contributed by atoms with Crippen molar-refractivity contribution in [3.63, 3.8) is 0 Å². The van der Waals surface area contributed by atoms with Gasteiger partial charge in [0.1, 0.15) is 18.1 Å². The van der Waals surface area contributed by atoms with Crippen LogP contribution in [0.15, 0.2) is 97.3 Å². The molecule has 0 saturated heterocycles. The second kappa shape index (κ2) is 9.69. The van der Waals surface area contributed by atoms with E-state index in [1.165, 1.54) is 12.1 Å². The lowest BCUT2D eigenvalue weighted by molar-refractivity contribution is -0.116. The van der Waals surface area contributed by atoms with Crippen molar-refractivity contribution in [1.82, 2.24) is 19.7 Å². The number of anilines is 1. The number of pyridine rings is 2. The van der Waals surface area contributed by atoms with E-state index in [-0.39, 0.29) is 18.1 Å². The molecular formula is C28H22FN5O. The molecule has 5 rings (SSSR count). The Morgan fingerprint density at radius 3 is 2.51 bits per heavy atom. The van der Waals surface area contributed by atoms with Crippen LogP contribution in [0, 0.1) is 12.7 Å². The molecule has 35 heavy (non-hydrogen) atoms. The third-order valence-corrected chi connectivity index (χ3v) is 5.49. The molecule has 7 heteroatoms. The Bertz CT molecular complexity index is 1500. The zero-order chi connectivity index (χ0) is 24.2. The number of aromatic nitrogens is 4. The van der Waals surface area contributed by atoms with Gasteiger partial charge in [0, 0.05) is 29.2 Å². The van der Waals surface area contributed by atoms with E-state index < -0.39 is 5.82 Å². The van der Waals surface area contributed by atoms with Crippen LogP contribution in [0.3, 0.4) is 0 Å². The summed E-state index contributed by atoms with van der Waals surface area (Å²) in [5, 5.41) is 7.29. The summed E-state index contributed by atoms with van der Waals surface area (Å²) in [6.45, 7) is 1.84. The van der Waals surface area contributed by atoms with Crippen LogP contribution >= 0.6 is 0 Å². The monoisotopic (exact) mass is 463 g/mol. The van der Waals surface area contributed by atoms with Crippen LogP contribution in [-0.4, -0.2) is 25.7 Å². The van der Waals surface area contributed by atoms with Crippen molar-refractivity contribution in [1.29, 1.82) is 0 Å². The number of hydrogen-bond acceptors (Lipinski definition) is 4. The van der Waals surface area contributed by atoms with Gasteiger partial charge >= 0.3 is 0 Å². The van der Waals surface area contributed by atoms with Crippen LogP contribution in [0.1, 0.15) is 5.69 Å². The van der Waals surface area contributed by atoms with Crippen molar-refractivity contribution in [3.8, 4) is 33.8 Å². The number of aryl methyl sites for hydroxylation is 1. The van der Waals surface area contributed by atoms with Gasteiger partial charge in [-0.25, -0.2) is 4.39 Å². The molecule has 3 heterocycles. The number of carbonyl (C=O) groups is 1. The second-order valence-electron chi connectivity index (χ2n) is 8.08. The molecule has 0 atom stereocenters. The lowest BCUT2D eigenvalue weighted by atomic mass is 10.0. The Morgan fingerprint density at radius 1 is 0.914 bits per heavy atom. The number of rotatable bonds is 6. The van der Waals surface area contributed by atoms with Crippen LogP contribution in [-0.2, 0) is 11.3 Å². The fraction of sp³-hybridized carbons (Fsp3) is 0.0714. The van der Waals surface area contributed by atoms with E-state index in [1.807, 2.05) is 73.8 Å². The lowest BCUT2D eigenvalue weighted by Gasteiger charge is -2.06. The first-order valence-electron chi connectivity index (χ1n) is 11.1. The number of halogens is 1. The zero-order valence-corrected chi connectivity index (χ0v) is 19.0. The summed E-state index contributed by atoms with van der Waals surface area (Å²) < 4.78 is 15.5. The average molecular weight is 464 g/mol. The molecule has 0 bridgehead atoms. The number of amides is 1. The third kappa shape index (κ3) is 4.99. The summed E-state index contributed by atoms with van der Waals surface area (Å²) in [7, 11) is 0. The molecule has 0 saturated carbocycles. The maximum absolute atomic E-state index is 14.0. The van der Waals surface area contributed by atoms with E-state index in [9.17, 15) is 9.18 Å². The van der Waals surface area contributed by atoms with Crippen LogP contribution in [0.4, 0.5) is 10.1 Å². The lowest BCUT2D eigenvalue weighted by Crippen LogP contribution is -2.19. The van der Waals surface area contributed by atoms with Crippen molar-refractivity contribution < 1.29 is 9.18 Å². The number of benzene rings is 2. The molecule has 0 unspecified atom stereocenters. The number of hydrogen-bond donors (Lipinski definition) is 1. The van der Waals surface area contributed by atoms with Crippen molar-refractivity contribution in [2.75, 3.05) is 5.32 Å². The van der Waals surface area contributed by atoms with Crippen molar-refractivity contribution in [2.45, 2.75) is 13.5 Å². The van der Waals surface area contributed by atoms with Gasteiger partial charge in [-0.05, 0) is 48.9 Å². The van der Waals surface area contributed by atoms with Gasteiger partial charge in [-0.3, -0.25) is 19.4 Å². The smallest absolute Gasteiger partial charge is 0.246 e. The molecule has 172 valence electrons. The molecule has 0 aliphatic rings. The quantitative estimate of drug-likeness (QED) is 0.347. The van der Waals surface area contributed by atoms with Gasteiger partial charge in [0.15, 0.2) is 0 Å². The Morgan fingerprint density at radius 2 is 1.71 bits per heavy atom. The van der Waals surface area contributed by atoms with Crippen molar-refractivity contribution >= 4 is 11.6 Å². The highest BCUT2D eigenvalue weighted by Gasteiger charge is 2.17. The van der Waals surface area contributed by atoms with Crippen LogP contribution < -0.4 is 5.32 Å². The van der Waals surface area contributed by atoms with Gasteiger partial charge in [-0.2, -0.15) is 5.10 Å². The molecule has 3 aromatic heterocycles. The Labute approximate surface area is 202 Å². The van der Waals surface area contributed by atoms with Crippen LogP contribution in [0.25, 0.3) is 33.8 Å². The Kier molecular flexibility index (Phi) is 6.13. The summed E-state index contributed by atoms with van der Waals surface area (Å²) >= 11 is 0. The molecule has 0 spiro atoms. The third-order valence-electron chi connectivity index (χ3n) is 5.49. The van der Waals surface area contributed by atoms with E-state index in [4.69, 9.17) is 0 Å². The second-order valence-corrected chi connectivity index (χ2v) is 8.08. The first-order valence-corrected chi connectivity index (χ1v) is 11.1. The minimum absolute atomic E-state index is 0.0796. The highest BCUT2D eigenvalue weighted by atomic mass is 19.1. The summed E-state index contributed by atoms with van der Waals surface area (Å²) in [6, 6.07) is 25.6. The van der Waals surface area contributed by atoms with Gasteiger partial charge in [-0.1, -0.05) is 48.5 Å². The molecule has 0 aliphatic heterocycles. The van der Waals surface area contributed by atoms with E-state index in [1.54, 1.807) is 23.0 Å². The van der Waals surface area contributed by atoms with Crippen LogP contribution in [0.2, 0.25) is 0 Å². The van der Waals surface area contributed by atoms with E-state index in [0.717, 1.165) is 28.1 Å². The fourth-order valence-corrected chi connectivity index (χ4v) is 3.84. The first-order chi connectivity index (χ1) is 17.1. The summed E-state index contributed by atoms with van der Waals surface area (Å²) in [5.74, 6) is -0.871. The normalized spacial score (nSPS) is 10.8. The first kappa shape index (κ1) is 22.2. The van der Waals surface area contributed by atoms with Gasteiger partial charge < -0.3 is 5.32 Å². The molecular weight excluding hydrogens is 441 g/mol. The highest BCUT2D eigenvalue weighted by molar-refractivity contribution is 5.91. The highest BCUT2D eigenvalue weighted by Crippen LogP contribution is 2.32. The van der Waals surface area contributed by atoms with Crippen LogP contribution in [0.5, 0.6) is 0 Å². The molecule has 0 aliphatic carbocycles. The standard InChI is InChI=1S/C28H22FN5O/c1-19-8-7-13-25(31-19)28-22(21-14-15-30-26(16-21)20-9-3-2-4-10-20)17-34(33-28)18-27(35)32-24-12-6-5-11-23(24)29/h2-17H,18H2,1H3,(H,32,35). The number of para-hydroxylation sites is 1. The minimum Gasteiger partial charge on any atom is -0.322 e. The largest absolute Gasteiger partial charge is 0.322 e. The number of nitrogens with zero attached hydrogens (tertiary/aromatic N) is 4. The predicted octanol–water partition coefficient (Wildman–Crippen LogP) is 5.76. The van der Waals surface area contributed by atoms with E-state index in [0.29, 0.717) is 11.4 Å². The van der Waals surface area contributed by atoms with E-state index >= 15 is 0 Å². The molecule has 0 radical (unpaired) electrons. The number of nitrogens with one attached hydrogen (secondary N) is 1. The number of carbonyl (C=O) groups excluding carboxylic acids is 1. The summed E-state index contributed by atoms with van der Waals surface area (Å²) in [5.41, 5.74) is 5.90. The topological polar surface area (TPSA) is 72.7 Å². The molecule has 0 fully saturated rings. The van der Waals surface area contributed by atoms with Crippen molar-refractivity contribution in [3.05, 3.63) is 109 Å². The molecule has 6 nitrogen and oxygen atoms in total. The van der Waals surface area contributed by atoms with Gasteiger partial charge in [-0.15, -0.1) is 0 Å². The van der Waals surface area contributed by atoms with Gasteiger partial charge in [0.05, 0.1) is 17.1 Å². The fourth-order valence-electron chi connectivity index (χ4n) is 3.84. The summed E-state index contributed by atoms with van der Waals surface area (Å²) in [6.07, 6.45) is 3.57. The average Bonchev–Trinajstić information content (AvgIpc) is 3.30. The maximum Gasteiger partial charge on any atom is 0.246 e. The van der Waals surface area contributed by atoms with Crippen molar-refractivity contribution in [2.24, 2.45) is 0 Å². The molecule has 2 aromatic carbocycles. The summed E-state index contributed by atoms with van der Waals surface area (Å²) in [4.78, 5) is 21.8. The molecule has 1 N–H and O–H groups in total. The predicted molar refractivity (Wildman–Crippen MR) is 134 cm³/mol. The maximum atomic E-state index is 14.0.